The van der Waals surface area contributed by atoms with E-state index in [0.717, 1.165) is 10.0 Å². The first-order valence-corrected chi connectivity index (χ1v) is 7.72. The van der Waals surface area contributed by atoms with Gasteiger partial charge in [-0.2, -0.15) is 0 Å². The molecule has 0 aliphatic carbocycles. The molecule has 1 N–H and O–H groups in total. The maximum absolute atomic E-state index is 12.4. The molecule has 1 aliphatic heterocycles. The molecule has 0 radical (unpaired) electrons. The average Bonchev–Trinajstić information content (AvgIpc) is 2.32. The van der Waals surface area contributed by atoms with Crippen molar-refractivity contribution < 1.29 is 4.79 Å². The summed E-state index contributed by atoms with van der Waals surface area (Å²) in [5.74, 6) is 0.186. The number of carbonyl (C=O) groups excluding carboxylic acids is 1. The highest BCUT2D eigenvalue weighted by Crippen LogP contribution is 2.35. The van der Waals surface area contributed by atoms with Crippen LogP contribution >= 0.6 is 15.9 Å². The average molecular weight is 339 g/mol. The molecule has 20 heavy (non-hydrogen) atoms. The lowest BCUT2D eigenvalue weighted by atomic mass is 9.81. The van der Waals surface area contributed by atoms with E-state index in [2.05, 4.69) is 61.1 Å². The number of benzene rings is 1. The van der Waals surface area contributed by atoms with Crippen LogP contribution in [0.2, 0.25) is 0 Å². The molecule has 1 fully saturated rings. The second-order valence-corrected chi connectivity index (χ2v) is 7.85. The van der Waals surface area contributed by atoms with E-state index >= 15 is 0 Å². The third kappa shape index (κ3) is 2.91. The lowest BCUT2D eigenvalue weighted by molar-refractivity contribution is -0.143. The Kier molecular flexibility index (Phi) is 4.00. The lowest BCUT2D eigenvalue weighted by Gasteiger charge is -2.49. The van der Waals surface area contributed by atoms with Gasteiger partial charge in [-0.3, -0.25) is 10.1 Å². The third-order valence-electron chi connectivity index (χ3n) is 4.02. The van der Waals surface area contributed by atoms with Crippen LogP contribution in [0.4, 0.5) is 0 Å². The van der Waals surface area contributed by atoms with E-state index in [9.17, 15) is 4.79 Å². The summed E-state index contributed by atoms with van der Waals surface area (Å²) >= 11 is 3.51. The molecule has 110 valence electrons. The zero-order valence-corrected chi connectivity index (χ0v) is 14.4. The van der Waals surface area contributed by atoms with Gasteiger partial charge in [-0.15, -0.1) is 0 Å². The first kappa shape index (κ1) is 15.5. The summed E-state index contributed by atoms with van der Waals surface area (Å²) in [5.41, 5.74) is 0.797. The molecule has 1 saturated heterocycles. The minimum absolute atomic E-state index is 0.0158. The number of nitrogens with one attached hydrogen (secondary N) is 1. The summed E-state index contributed by atoms with van der Waals surface area (Å²) in [7, 11) is 1.88. The first-order valence-electron chi connectivity index (χ1n) is 6.93. The molecule has 0 spiro atoms. The van der Waals surface area contributed by atoms with Crippen LogP contribution in [-0.4, -0.2) is 24.0 Å². The topological polar surface area (TPSA) is 32.3 Å². The summed E-state index contributed by atoms with van der Waals surface area (Å²) in [6.07, 6.45) is 0.500. The van der Waals surface area contributed by atoms with Gasteiger partial charge in [-0.05, 0) is 30.0 Å². The SMILES string of the molecule is CN1C(=O)CC(C)(c2cccc(Br)c2)N[C@@H]1C(C)(C)C. The van der Waals surface area contributed by atoms with Gasteiger partial charge in [0, 0.05) is 17.9 Å². The van der Waals surface area contributed by atoms with Gasteiger partial charge < -0.3 is 4.90 Å². The van der Waals surface area contributed by atoms with Gasteiger partial charge in [0.05, 0.1) is 11.7 Å². The molecular formula is C16H23BrN2O. The molecule has 1 unspecified atom stereocenters. The van der Waals surface area contributed by atoms with Gasteiger partial charge in [-0.1, -0.05) is 48.8 Å². The van der Waals surface area contributed by atoms with Crippen molar-refractivity contribution in [3.8, 4) is 0 Å². The van der Waals surface area contributed by atoms with Gasteiger partial charge in [0.15, 0.2) is 0 Å². The van der Waals surface area contributed by atoms with E-state index in [1.165, 1.54) is 0 Å². The number of halogens is 1. The summed E-state index contributed by atoms with van der Waals surface area (Å²) in [4.78, 5) is 14.2. The molecule has 0 saturated carbocycles. The van der Waals surface area contributed by atoms with Crippen LogP contribution in [0, 0.1) is 5.41 Å². The van der Waals surface area contributed by atoms with Crippen molar-refractivity contribution in [2.24, 2.45) is 5.41 Å². The Morgan fingerprint density at radius 3 is 2.60 bits per heavy atom. The van der Waals surface area contributed by atoms with Crippen molar-refractivity contribution in [3.63, 3.8) is 0 Å². The van der Waals surface area contributed by atoms with Crippen LogP contribution in [0.3, 0.4) is 0 Å². The fraction of sp³-hybridized carbons (Fsp3) is 0.562. The minimum atomic E-state index is -0.328. The summed E-state index contributed by atoms with van der Waals surface area (Å²) in [5, 5.41) is 3.68. The van der Waals surface area contributed by atoms with Crippen LogP contribution in [0.1, 0.15) is 39.7 Å². The predicted molar refractivity (Wildman–Crippen MR) is 85.3 cm³/mol. The van der Waals surface area contributed by atoms with Crippen molar-refractivity contribution in [2.75, 3.05) is 7.05 Å². The Hall–Kier alpha value is -0.870. The number of nitrogens with zero attached hydrogens (tertiary/aromatic N) is 1. The molecule has 1 heterocycles. The fourth-order valence-corrected chi connectivity index (χ4v) is 3.23. The Labute approximate surface area is 129 Å². The monoisotopic (exact) mass is 338 g/mol. The van der Waals surface area contributed by atoms with Crippen molar-refractivity contribution in [1.29, 1.82) is 0 Å². The van der Waals surface area contributed by atoms with Gasteiger partial charge in [0.2, 0.25) is 5.91 Å². The van der Waals surface area contributed by atoms with Crippen molar-refractivity contribution >= 4 is 21.8 Å². The largest absolute Gasteiger partial charge is 0.330 e. The highest BCUT2D eigenvalue weighted by molar-refractivity contribution is 9.10. The molecular weight excluding hydrogens is 316 g/mol. The highest BCUT2D eigenvalue weighted by Gasteiger charge is 2.44. The van der Waals surface area contributed by atoms with Gasteiger partial charge in [0.1, 0.15) is 0 Å². The predicted octanol–water partition coefficient (Wildman–Crippen LogP) is 3.49. The molecule has 1 amide bonds. The van der Waals surface area contributed by atoms with Gasteiger partial charge in [-0.25, -0.2) is 0 Å². The van der Waals surface area contributed by atoms with Crippen molar-refractivity contribution in [1.82, 2.24) is 10.2 Å². The number of hydrogen-bond acceptors (Lipinski definition) is 2. The van der Waals surface area contributed by atoms with E-state index in [4.69, 9.17) is 0 Å². The van der Waals surface area contributed by atoms with E-state index in [1.54, 1.807) is 0 Å². The summed E-state index contributed by atoms with van der Waals surface area (Å²) in [6, 6.07) is 8.19. The summed E-state index contributed by atoms with van der Waals surface area (Å²) in [6.45, 7) is 8.57. The number of rotatable bonds is 1. The Morgan fingerprint density at radius 1 is 1.40 bits per heavy atom. The van der Waals surface area contributed by atoms with Gasteiger partial charge in [0.25, 0.3) is 0 Å². The second-order valence-electron chi connectivity index (χ2n) is 6.94. The molecule has 0 bridgehead atoms. The zero-order chi connectivity index (χ0) is 15.1. The third-order valence-corrected chi connectivity index (χ3v) is 4.52. The second kappa shape index (κ2) is 5.15. The summed E-state index contributed by atoms with van der Waals surface area (Å²) < 4.78 is 1.04. The molecule has 2 rings (SSSR count). The smallest absolute Gasteiger partial charge is 0.225 e. The zero-order valence-electron chi connectivity index (χ0n) is 12.8. The molecule has 1 aliphatic rings. The van der Waals surface area contributed by atoms with E-state index in [0.29, 0.717) is 6.42 Å². The van der Waals surface area contributed by atoms with Crippen molar-refractivity contribution in [3.05, 3.63) is 34.3 Å². The molecule has 2 atom stereocenters. The number of amides is 1. The van der Waals surface area contributed by atoms with Crippen LogP contribution in [0.25, 0.3) is 0 Å². The standard InChI is InChI=1S/C16H23BrN2O/c1-15(2,3)14-18-16(4,10-13(20)19(14)5)11-7-6-8-12(17)9-11/h6-9,14,18H,10H2,1-5H3/t14-,16?/m0/s1. The van der Waals surface area contributed by atoms with Crippen LogP contribution < -0.4 is 5.32 Å². The Bertz CT molecular complexity index is 523. The molecule has 4 heteroatoms. The number of hydrogen-bond donors (Lipinski definition) is 1. The van der Waals surface area contributed by atoms with E-state index < -0.39 is 0 Å². The normalized spacial score (nSPS) is 27.8. The Morgan fingerprint density at radius 2 is 2.05 bits per heavy atom. The quantitative estimate of drug-likeness (QED) is 0.850. The molecule has 0 aromatic heterocycles. The number of carbonyl (C=O) groups is 1. The van der Waals surface area contributed by atoms with E-state index in [1.807, 2.05) is 24.1 Å². The maximum Gasteiger partial charge on any atom is 0.225 e. The molecule has 1 aromatic carbocycles. The van der Waals surface area contributed by atoms with Crippen molar-refractivity contribution in [2.45, 2.75) is 45.8 Å². The fourth-order valence-electron chi connectivity index (χ4n) is 2.84. The van der Waals surface area contributed by atoms with Crippen LogP contribution in [0.5, 0.6) is 0 Å². The lowest BCUT2D eigenvalue weighted by Crippen LogP contribution is -2.65. The molecule has 3 nitrogen and oxygen atoms in total. The van der Waals surface area contributed by atoms with Crippen LogP contribution in [-0.2, 0) is 10.3 Å². The first-order chi connectivity index (χ1) is 9.13. The molecule has 1 aromatic rings. The van der Waals surface area contributed by atoms with E-state index in [-0.39, 0.29) is 23.0 Å². The van der Waals surface area contributed by atoms with Crippen LogP contribution in [0.15, 0.2) is 28.7 Å². The maximum atomic E-state index is 12.4. The van der Waals surface area contributed by atoms with Gasteiger partial charge >= 0.3 is 0 Å². The minimum Gasteiger partial charge on any atom is -0.330 e. The highest BCUT2D eigenvalue weighted by atomic mass is 79.9. The Balaban J connectivity index is 2.40.